The number of carbonyl (C=O) groups is 1. The van der Waals surface area contributed by atoms with Gasteiger partial charge in [0.1, 0.15) is 0 Å². The van der Waals surface area contributed by atoms with Crippen LogP contribution in [0.3, 0.4) is 0 Å². The lowest BCUT2D eigenvalue weighted by atomic mass is 9.67. The van der Waals surface area contributed by atoms with Crippen LogP contribution in [-0.4, -0.2) is 13.1 Å². The number of ether oxygens (including phenoxy) is 1. The summed E-state index contributed by atoms with van der Waals surface area (Å²) in [6, 6.07) is 0. The minimum absolute atomic E-state index is 0.0157. The summed E-state index contributed by atoms with van der Waals surface area (Å²) in [5.74, 6) is 1.34. The van der Waals surface area contributed by atoms with Crippen LogP contribution in [0.2, 0.25) is 0 Å². The normalized spacial score (nSPS) is 36.5. The SMILES string of the molecule is C=C(CC(CC)C(=O)OC)C1CC2CC2(C)C1(C)C. The molecule has 0 heterocycles. The first-order valence-electron chi connectivity index (χ1n) is 7.53. The van der Waals surface area contributed by atoms with Gasteiger partial charge in [0.15, 0.2) is 0 Å². The Labute approximate surface area is 117 Å². The third-order valence-electron chi connectivity index (χ3n) is 6.30. The van der Waals surface area contributed by atoms with Crippen molar-refractivity contribution in [2.45, 2.75) is 53.4 Å². The van der Waals surface area contributed by atoms with Gasteiger partial charge in [-0.15, -0.1) is 0 Å². The lowest BCUT2D eigenvalue weighted by Gasteiger charge is -2.37. The number of allylic oxidation sites excluding steroid dienone is 1. The Kier molecular flexibility index (Phi) is 3.57. The first kappa shape index (κ1) is 14.6. The van der Waals surface area contributed by atoms with E-state index in [9.17, 15) is 4.79 Å². The van der Waals surface area contributed by atoms with E-state index in [1.54, 1.807) is 0 Å². The quantitative estimate of drug-likeness (QED) is 0.549. The van der Waals surface area contributed by atoms with E-state index < -0.39 is 0 Å². The Hall–Kier alpha value is -0.790. The predicted octanol–water partition coefficient (Wildman–Crippen LogP) is 4.20. The highest BCUT2D eigenvalue weighted by atomic mass is 16.5. The molecule has 2 nitrogen and oxygen atoms in total. The van der Waals surface area contributed by atoms with Crippen LogP contribution in [0, 0.1) is 28.6 Å². The molecule has 0 N–H and O–H groups in total. The summed E-state index contributed by atoms with van der Waals surface area (Å²) in [6.07, 6.45) is 4.26. The highest BCUT2D eigenvalue weighted by Crippen LogP contribution is 2.75. The van der Waals surface area contributed by atoms with E-state index in [4.69, 9.17) is 4.74 Å². The Morgan fingerprint density at radius 3 is 2.47 bits per heavy atom. The van der Waals surface area contributed by atoms with Crippen LogP contribution >= 0.6 is 0 Å². The fourth-order valence-electron chi connectivity index (χ4n) is 4.26. The minimum atomic E-state index is -0.0872. The molecule has 0 bridgehead atoms. The summed E-state index contributed by atoms with van der Waals surface area (Å²) in [5.41, 5.74) is 2.09. The third kappa shape index (κ3) is 2.13. The van der Waals surface area contributed by atoms with Crippen LogP contribution in [0.4, 0.5) is 0 Å². The average molecular weight is 264 g/mol. The fourth-order valence-corrected chi connectivity index (χ4v) is 4.26. The van der Waals surface area contributed by atoms with Gasteiger partial charge in [0, 0.05) is 0 Å². The number of fused-ring (bicyclic) bond motifs is 1. The Morgan fingerprint density at radius 1 is 1.42 bits per heavy atom. The van der Waals surface area contributed by atoms with Crippen molar-refractivity contribution in [3.8, 4) is 0 Å². The molecule has 2 aliphatic rings. The Balaban J connectivity index is 2.03. The molecule has 4 atom stereocenters. The lowest BCUT2D eigenvalue weighted by Crippen LogP contribution is -2.30. The van der Waals surface area contributed by atoms with Crippen LogP contribution in [0.15, 0.2) is 12.2 Å². The highest BCUT2D eigenvalue weighted by Gasteiger charge is 2.67. The smallest absolute Gasteiger partial charge is 0.308 e. The minimum Gasteiger partial charge on any atom is -0.469 e. The summed E-state index contributed by atoms with van der Waals surface area (Å²) in [5, 5.41) is 0. The zero-order valence-corrected chi connectivity index (χ0v) is 13.1. The van der Waals surface area contributed by atoms with Gasteiger partial charge >= 0.3 is 5.97 Å². The maximum absolute atomic E-state index is 11.7. The van der Waals surface area contributed by atoms with Gasteiger partial charge in [-0.05, 0) is 48.3 Å². The molecule has 0 aromatic carbocycles. The topological polar surface area (TPSA) is 26.3 Å². The van der Waals surface area contributed by atoms with Crippen molar-refractivity contribution in [1.29, 1.82) is 0 Å². The van der Waals surface area contributed by atoms with Crippen LogP contribution < -0.4 is 0 Å². The highest BCUT2D eigenvalue weighted by molar-refractivity contribution is 5.72. The van der Waals surface area contributed by atoms with Crippen molar-refractivity contribution in [3.05, 3.63) is 12.2 Å². The molecule has 2 fully saturated rings. The molecular formula is C17H28O2. The standard InChI is InChI=1S/C17H28O2/c1-7-12(15(18)19-6)8-11(2)14-9-13-10-17(13,5)16(14,3)4/h12-14H,2,7-10H2,1,3-6H3. The molecule has 0 radical (unpaired) electrons. The van der Waals surface area contributed by atoms with E-state index in [1.165, 1.54) is 25.5 Å². The zero-order valence-electron chi connectivity index (χ0n) is 13.1. The van der Waals surface area contributed by atoms with Gasteiger partial charge in [-0.25, -0.2) is 0 Å². The second kappa shape index (κ2) is 4.64. The maximum Gasteiger partial charge on any atom is 0.308 e. The second-order valence-electron chi connectivity index (χ2n) is 7.32. The number of methoxy groups -OCH3 is 1. The van der Waals surface area contributed by atoms with Crippen LogP contribution in [0.5, 0.6) is 0 Å². The molecule has 108 valence electrons. The van der Waals surface area contributed by atoms with E-state index >= 15 is 0 Å². The predicted molar refractivity (Wildman–Crippen MR) is 77.7 cm³/mol. The maximum atomic E-state index is 11.7. The molecule has 0 aliphatic heterocycles. The van der Waals surface area contributed by atoms with Gasteiger partial charge < -0.3 is 4.74 Å². The van der Waals surface area contributed by atoms with Crippen molar-refractivity contribution >= 4 is 5.97 Å². The average Bonchev–Trinajstić information content (AvgIpc) is 2.99. The molecule has 0 aromatic heterocycles. The van der Waals surface area contributed by atoms with Crippen molar-refractivity contribution in [1.82, 2.24) is 0 Å². The molecule has 19 heavy (non-hydrogen) atoms. The molecule has 0 amide bonds. The van der Waals surface area contributed by atoms with E-state index in [-0.39, 0.29) is 11.9 Å². The van der Waals surface area contributed by atoms with Crippen molar-refractivity contribution in [3.63, 3.8) is 0 Å². The summed E-state index contributed by atoms with van der Waals surface area (Å²) in [7, 11) is 1.48. The van der Waals surface area contributed by atoms with Gasteiger partial charge in [0.05, 0.1) is 13.0 Å². The molecule has 2 aliphatic carbocycles. The number of esters is 1. The molecule has 2 heteroatoms. The van der Waals surface area contributed by atoms with Crippen molar-refractivity contribution in [2.24, 2.45) is 28.6 Å². The third-order valence-corrected chi connectivity index (χ3v) is 6.30. The summed E-state index contributed by atoms with van der Waals surface area (Å²) in [4.78, 5) is 11.7. The Bertz CT molecular complexity index is 396. The second-order valence-corrected chi connectivity index (χ2v) is 7.32. The number of hydrogen-bond donors (Lipinski definition) is 0. The summed E-state index contributed by atoms with van der Waals surface area (Å²) in [6.45, 7) is 13.6. The monoisotopic (exact) mass is 264 g/mol. The molecule has 4 unspecified atom stereocenters. The van der Waals surface area contributed by atoms with E-state index in [0.29, 0.717) is 16.7 Å². The van der Waals surface area contributed by atoms with E-state index in [1.807, 2.05) is 6.92 Å². The van der Waals surface area contributed by atoms with Crippen LogP contribution in [-0.2, 0) is 9.53 Å². The number of carbonyl (C=O) groups excluding carboxylic acids is 1. The fraction of sp³-hybridized carbons (Fsp3) is 0.824. The van der Waals surface area contributed by atoms with Crippen LogP contribution in [0.25, 0.3) is 0 Å². The van der Waals surface area contributed by atoms with E-state index in [2.05, 4.69) is 27.4 Å². The molecule has 0 saturated heterocycles. The number of rotatable bonds is 5. The van der Waals surface area contributed by atoms with Gasteiger partial charge in [0.2, 0.25) is 0 Å². The summed E-state index contributed by atoms with van der Waals surface area (Å²) < 4.78 is 4.89. The zero-order chi connectivity index (χ0) is 14.4. The molecule has 2 rings (SSSR count). The molecule has 0 spiro atoms. The van der Waals surface area contributed by atoms with Gasteiger partial charge in [-0.3, -0.25) is 4.79 Å². The lowest BCUT2D eigenvalue weighted by molar-refractivity contribution is -0.145. The van der Waals surface area contributed by atoms with Crippen LogP contribution in [0.1, 0.15) is 53.4 Å². The van der Waals surface area contributed by atoms with E-state index in [0.717, 1.165) is 18.8 Å². The van der Waals surface area contributed by atoms with Gasteiger partial charge in [-0.1, -0.05) is 39.8 Å². The molecule has 0 aromatic rings. The van der Waals surface area contributed by atoms with Gasteiger partial charge in [-0.2, -0.15) is 0 Å². The first-order valence-corrected chi connectivity index (χ1v) is 7.53. The largest absolute Gasteiger partial charge is 0.469 e. The van der Waals surface area contributed by atoms with Crippen molar-refractivity contribution in [2.75, 3.05) is 7.11 Å². The molecule has 2 saturated carbocycles. The summed E-state index contributed by atoms with van der Waals surface area (Å²) >= 11 is 0. The Morgan fingerprint density at radius 2 is 2.05 bits per heavy atom. The van der Waals surface area contributed by atoms with Gasteiger partial charge in [0.25, 0.3) is 0 Å². The number of hydrogen-bond acceptors (Lipinski definition) is 2. The first-order chi connectivity index (χ1) is 8.77. The molecular weight excluding hydrogens is 236 g/mol. The van der Waals surface area contributed by atoms with Crippen molar-refractivity contribution < 1.29 is 9.53 Å².